The second kappa shape index (κ2) is 6.25. The molecule has 1 fully saturated rings. The predicted octanol–water partition coefficient (Wildman–Crippen LogP) is 2.32. The molecular weight excluding hydrogens is 262 g/mol. The van der Waals surface area contributed by atoms with Gasteiger partial charge in [-0.3, -0.25) is 4.68 Å². The first-order valence-corrected chi connectivity index (χ1v) is 7.53. The Morgan fingerprint density at radius 1 is 1.53 bits per heavy atom. The summed E-state index contributed by atoms with van der Waals surface area (Å²) in [5, 5.41) is 5.23. The standard InChI is InChI=1S/C14H24ClN3O/c1-4-11-14(15)12(18(3)17-11)8-10(16)9-6-7-19-13(9)5-2/h9-10,13H,4-8,16H2,1-3H3. The van der Waals surface area contributed by atoms with Crippen molar-refractivity contribution in [2.24, 2.45) is 18.7 Å². The number of nitrogens with two attached hydrogens (primary N) is 1. The number of aromatic nitrogens is 2. The van der Waals surface area contributed by atoms with Crippen LogP contribution in [-0.4, -0.2) is 28.5 Å². The van der Waals surface area contributed by atoms with Crippen LogP contribution in [0.5, 0.6) is 0 Å². The highest BCUT2D eigenvalue weighted by Crippen LogP contribution is 2.29. The van der Waals surface area contributed by atoms with Crippen molar-refractivity contribution in [3.63, 3.8) is 0 Å². The zero-order valence-corrected chi connectivity index (χ0v) is 12.8. The fraction of sp³-hybridized carbons (Fsp3) is 0.786. The first-order valence-electron chi connectivity index (χ1n) is 7.15. The Hall–Kier alpha value is -0.580. The molecule has 0 spiro atoms. The molecule has 0 saturated carbocycles. The monoisotopic (exact) mass is 285 g/mol. The van der Waals surface area contributed by atoms with E-state index in [-0.39, 0.29) is 6.04 Å². The van der Waals surface area contributed by atoms with Crippen LogP contribution in [-0.2, 0) is 24.6 Å². The second-order valence-electron chi connectivity index (χ2n) is 5.32. The van der Waals surface area contributed by atoms with Crippen LogP contribution in [0.25, 0.3) is 0 Å². The van der Waals surface area contributed by atoms with Crippen molar-refractivity contribution in [2.45, 2.75) is 51.7 Å². The summed E-state index contributed by atoms with van der Waals surface area (Å²) in [6.45, 7) is 5.05. The number of aryl methyl sites for hydroxylation is 2. The molecule has 5 heteroatoms. The lowest BCUT2D eigenvalue weighted by atomic mass is 9.89. The second-order valence-corrected chi connectivity index (χ2v) is 5.70. The van der Waals surface area contributed by atoms with E-state index < -0.39 is 0 Å². The molecule has 1 saturated heterocycles. The van der Waals surface area contributed by atoms with Gasteiger partial charge in [-0.1, -0.05) is 25.4 Å². The summed E-state index contributed by atoms with van der Waals surface area (Å²) >= 11 is 6.38. The van der Waals surface area contributed by atoms with Gasteiger partial charge in [0.25, 0.3) is 0 Å². The molecule has 2 heterocycles. The number of hydrogen-bond acceptors (Lipinski definition) is 3. The van der Waals surface area contributed by atoms with Crippen molar-refractivity contribution in [1.82, 2.24) is 9.78 Å². The van der Waals surface area contributed by atoms with Crippen LogP contribution in [0.15, 0.2) is 0 Å². The van der Waals surface area contributed by atoms with Crippen LogP contribution in [0, 0.1) is 5.92 Å². The normalized spacial score (nSPS) is 24.9. The van der Waals surface area contributed by atoms with Gasteiger partial charge in [0.1, 0.15) is 0 Å². The quantitative estimate of drug-likeness (QED) is 0.903. The number of nitrogens with zero attached hydrogens (tertiary/aromatic N) is 2. The van der Waals surface area contributed by atoms with E-state index in [9.17, 15) is 0 Å². The van der Waals surface area contributed by atoms with Crippen LogP contribution in [0.1, 0.15) is 38.1 Å². The maximum Gasteiger partial charge on any atom is 0.0850 e. The maximum absolute atomic E-state index is 6.39. The summed E-state index contributed by atoms with van der Waals surface area (Å²) in [5.41, 5.74) is 8.39. The molecular formula is C14H24ClN3O. The Labute approximate surface area is 120 Å². The predicted molar refractivity (Wildman–Crippen MR) is 77.4 cm³/mol. The Morgan fingerprint density at radius 2 is 2.26 bits per heavy atom. The van der Waals surface area contributed by atoms with Crippen LogP contribution < -0.4 is 5.73 Å². The van der Waals surface area contributed by atoms with Crippen LogP contribution in [0.2, 0.25) is 5.02 Å². The summed E-state index contributed by atoms with van der Waals surface area (Å²) < 4.78 is 7.60. The summed E-state index contributed by atoms with van der Waals surface area (Å²) in [6.07, 6.45) is 4.00. The van der Waals surface area contributed by atoms with Crippen molar-refractivity contribution in [1.29, 1.82) is 0 Å². The molecule has 3 atom stereocenters. The molecule has 19 heavy (non-hydrogen) atoms. The molecule has 1 aromatic heterocycles. The summed E-state index contributed by atoms with van der Waals surface area (Å²) in [4.78, 5) is 0. The molecule has 0 aliphatic carbocycles. The molecule has 0 aromatic carbocycles. The van der Waals surface area contributed by atoms with Gasteiger partial charge < -0.3 is 10.5 Å². The van der Waals surface area contributed by atoms with E-state index in [0.717, 1.165) is 48.7 Å². The first kappa shape index (κ1) is 14.8. The molecule has 0 bridgehead atoms. The molecule has 1 aromatic rings. The SMILES string of the molecule is CCc1nn(C)c(CC(N)C2CCOC2CC)c1Cl. The van der Waals surface area contributed by atoms with Gasteiger partial charge in [0, 0.05) is 32.0 Å². The molecule has 4 nitrogen and oxygen atoms in total. The highest BCUT2D eigenvalue weighted by atomic mass is 35.5. The molecule has 1 aliphatic rings. The van der Waals surface area contributed by atoms with Crippen molar-refractivity contribution in [3.05, 3.63) is 16.4 Å². The van der Waals surface area contributed by atoms with E-state index in [4.69, 9.17) is 22.1 Å². The molecule has 2 rings (SSSR count). The molecule has 2 N–H and O–H groups in total. The van der Waals surface area contributed by atoms with E-state index in [1.807, 2.05) is 11.7 Å². The van der Waals surface area contributed by atoms with Gasteiger partial charge in [-0.15, -0.1) is 0 Å². The Balaban J connectivity index is 2.10. The number of halogens is 1. The summed E-state index contributed by atoms with van der Waals surface area (Å²) in [7, 11) is 1.94. The molecule has 0 radical (unpaired) electrons. The number of ether oxygens (including phenoxy) is 1. The van der Waals surface area contributed by atoms with Gasteiger partial charge in [-0.05, 0) is 19.3 Å². The van der Waals surface area contributed by atoms with Crippen molar-refractivity contribution in [2.75, 3.05) is 6.61 Å². The third-order valence-corrected chi connectivity index (χ3v) is 4.58. The van der Waals surface area contributed by atoms with E-state index in [2.05, 4.69) is 18.9 Å². The first-order chi connectivity index (χ1) is 9.08. The summed E-state index contributed by atoms with van der Waals surface area (Å²) in [6, 6.07) is 0.0880. The van der Waals surface area contributed by atoms with Gasteiger partial charge in [-0.25, -0.2) is 0 Å². The molecule has 108 valence electrons. The highest BCUT2D eigenvalue weighted by molar-refractivity contribution is 6.31. The lowest BCUT2D eigenvalue weighted by molar-refractivity contribution is 0.0812. The lowest BCUT2D eigenvalue weighted by Gasteiger charge is -2.23. The van der Waals surface area contributed by atoms with Gasteiger partial charge >= 0.3 is 0 Å². The van der Waals surface area contributed by atoms with E-state index in [0.29, 0.717) is 12.0 Å². The van der Waals surface area contributed by atoms with Crippen LogP contribution in [0.4, 0.5) is 0 Å². The van der Waals surface area contributed by atoms with Crippen molar-refractivity contribution in [3.8, 4) is 0 Å². The largest absolute Gasteiger partial charge is 0.378 e. The van der Waals surface area contributed by atoms with Crippen LogP contribution in [0.3, 0.4) is 0 Å². The fourth-order valence-corrected chi connectivity index (χ4v) is 3.36. The zero-order chi connectivity index (χ0) is 14.0. The minimum Gasteiger partial charge on any atom is -0.378 e. The van der Waals surface area contributed by atoms with Crippen molar-refractivity contribution < 1.29 is 4.74 Å². The third-order valence-electron chi connectivity index (χ3n) is 4.14. The number of hydrogen-bond donors (Lipinski definition) is 1. The third kappa shape index (κ3) is 2.96. The van der Waals surface area contributed by atoms with Gasteiger partial charge in [0.05, 0.1) is 22.5 Å². The van der Waals surface area contributed by atoms with Gasteiger partial charge in [0.2, 0.25) is 0 Å². The lowest BCUT2D eigenvalue weighted by Crippen LogP contribution is -2.37. The van der Waals surface area contributed by atoms with Crippen LogP contribution >= 0.6 is 11.6 Å². The molecule has 1 aliphatic heterocycles. The van der Waals surface area contributed by atoms with E-state index in [1.54, 1.807) is 0 Å². The van der Waals surface area contributed by atoms with Gasteiger partial charge in [0.15, 0.2) is 0 Å². The fourth-order valence-electron chi connectivity index (χ4n) is 2.99. The minimum absolute atomic E-state index is 0.0880. The highest BCUT2D eigenvalue weighted by Gasteiger charge is 2.32. The average molecular weight is 286 g/mol. The van der Waals surface area contributed by atoms with E-state index >= 15 is 0 Å². The topological polar surface area (TPSA) is 53.1 Å². The maximum atomic E-state index is 6.39. The Morgan fingerprint density at radius 3 is 2.84 bits per heavy atom. The Bertz CT molecular complexity index is 433. The number of rotatable bonds is 5. The summed E-state index contributed by atoms with van der Waals surface area (Å²) in [5.74, 6) is 0.432. The smallest absolute Gasteiger partial charge is 0.0850 e. The Kier molecular flexibility index (Phi) is 4.87. The molecule has 3 unspecified atom stereocenters. The minimum atomic E-state index is 0.0880. The average Bonchev–Trinajstić information content (AvgIpc) is 2.97. The zero-order valence-electron chi connectivity index (χ0n) is 12.0. The van der Waals surface area contributed by atoms with Crippen molar-refractivity contribution >= 4 is 11.6 Å². The molecule has 0 amide bonds. The van der Waals surface area contributed by atoms with Gasteiger partial charge in [-0.2, -0.15) is 5.10 Å². The van der Waals surface area contributed by atoms with E-state index in [1.165, 1.54) is 0 Å².